The minimum atomic E-state index is 0.660. The van der Waals surface area contributed by atoms with Crippen LogP contribution in [0.15, 0.2) is 0 Å². The van der Waals surface area contributed by atoms with Crippen LogP contribution >= 0.6 is 0 Å². The van der Waals surface area contributed by atoms with Crippen LogP contribution in [0.25, 0.3) is 0 Å². The monoisotopic (exact) mass is 170 g/mol. The van der Waals surface area contributed by atoms with E-state index >= 15 is 0 Å². The van der Waals surface area contributed by atoms with Gasteiger partial charge < -0.3 is 0 Å². The van der Waals surface area contributed by atoms with Crippen LogP contribution in [0.4, 0.5) is 0 Å². The molecule has 1 aliphatic heterocycles. The molecule has 72 valence electrons. The number of hydrogen-bond acceptors (Lipinski definition) is 2. The molecule has 1 aliphatic rings. The zero-order valence-corrected chi connectivity index (χ0v) is 8.47. The van der Waals surface area contributed by atoms with E-state index in [0.717, 1.165) is 0 Å². The van der Waals surface area contributed by atoms with E-state index in [4.69, 9.17) is 0 Å². The molecule has 1 atom stereocenters. The Morgan fingerprint density at radius 2 is 1.92 bits per heavy atom. The Morgan fingerprint density at radius 3 is 2.50 bits per heavy atom. The SMILES string of the molecule is CCCC(C)NN1CCCCC1. The van der Waals surface area contributed by atoms with E-state index in [1.807, 2.05) is 0 Å². The quantitative estimate of drug-likeness (QED) is 0.695. The summed E-state index contributed by atoms with van der Waals surface area (Å²) >= 11 is 0. The van der Waals surface area contributed by atoms with E-state index < -0.39 is 0 Å². The van der Waals surface area contributed by atoms with Crippen LogP contribution in [0.5, 0.6) is 0 Å². The topological polar surface area (TPSA) is 15.3 Å². The van der Waals surface area contributed by atoms with Gasteiger partial charge in [0.1, 0.15) is 0 Å². The van der Waals surface area contributed by atoms with Gasteiger partial charge in [0.25, 0.3) is 0 Å². The maximum absolute atomic E-state index is 3.55. The van der Waals surface area contributed by atoms with Gasteiger partial charge in [0, 0.05) is 19.1 Å². The molecular weight excluding hydrogens is 148 g/mol. The molecule has 0 amide bonds. The second-order valence-electron chi connectivity index (χ2n) is 3.87. The molecule has 0 spiro atoms. The molecule has 0 aromatic carbocycles. The fourth-order valence-corrected chi connectivity index (χ4v) is 1.83. The Labute approximate surface area is 76.3 Å². The van der Waals surface area contributed by atoms with Crippen molar-refractivity contribution < 1.29 is 0 Å². The first-order valence-corrected chi connectivity index (χ1v) is 5.34. The smallest absolute Gasteiger partial charge is 0.0186 e. The summed E-state index contributed by atoms with van der Waals surface area (Å²) in [6.45, 7) is 7.01. The summed E-state index contributed by atoms with van der Waals surface area (Å²) in [5.41, 5.74) is 3.55. The Kier molecular flexibility index (Phi) is 4.62. The summed E-state index contributed by atoms with van der Waals surface area (Å²) in [6, 6.07) is 0.660. The Bertz CT molecular complexity index is 108. The van der Waals surface area contributed by atoms with Crippen LogP contribution in [0.1, 0.15) is 46.0 Å². The van der Waals surface area contributed by atoms with Crippen molar-refractivity contribution in [2.75, 3.05) is 13.1 Å². The minimum Gasteiger partial charge on any atom is -0.252 e. The summed E-state index contributed by atoms with van der Waals surface area (Å²) in [7, 11) is 0. The predicted molar refractivity (Wildman–Crippen MR) is 52.9 cm³/mol. The lowest BCUT2D eigenvalue weighted by Crippen LogP contribution is -2.46. The maximum Gasteiger partial charge on any atom is 0.0186 e. The second-order valence-corrected chi connectivity index (χ2v) is 3.87. The summed E-state index contributed by atoms with van der Waals surface area (Å²) < 4.78 is 0. The summed E-state index contributed by atoms with van der Waals surface area (Å²) in [5, 5.41) is 2.39. The zero-order valence-electron chi connectivity index (χ0n) is 8.47. The lowest BCUT2D eigenvalue weighted by molar-refractivity contribution is 0.130. The molecule has 2 nitrogen and oxygen atoms in total. The van der Waals surface area contributed by atoms with Gasteiger partial charge in [-0.15, -0.1) is 0 Å². The van der Waals surface area contributed by atoms with Crippen LogP contribution in [0.2, 0.25) is 0 Å². The highest BCUT2D eigenvalue weighted by atomic mass is 15.5. The molecule has 1 unspecified atom stereocenters. The van der Waals surface area contributed by atoms with Crippen molar-refractivity contribution in [2.24, 2.45) is 0 Å². The van der Waals surface area contributed by atoms with Gasteiger partial charge in [-0.3, -0.25) is 5.43 Å². The van der Waals surface area contributed by atoms with E-state index in [2.05, 4.69) is 24.3 Å². The molecule has 2 heteroatoms. The van der Waals surface area contributed by atoms with Crippen LogP contribution in [-0.4, -0.2) is 24.1 Å². The Balaban J connectivity index is 2.11. The molecule has 0 radical (unpaired) electrons. The standard InChI is InChI=1S/C10H22N2/c1-3-7-10(2)11-12-8-5-4-6-9-12/h10-11H,3-9H2,1-2H3. The highest BCUT2D eigenvalue weighted by Crippen LogP contribution is 2.07. The molecule has 1 rings (SSSR count). The van der Waals surface area contributed by atoms with E-state index in [1.165, 1.54) is 45.2 Å². The third-order valence-corrected chi connectivity index (χ3v) is 2.48. The molecule has 0 aromatic rings. The summed E-state index contributed by atoms with van der Waals surface area (Å²) in [5.74, 6) is 0. The molecule has 0 aliphatic carbocycles. The molecule has 1 saturated heterocycles. The van der Waals surface area contributed by atoms with Crippen molar-refractivity contribution >= 4 is 0 Å². The fourth-order valence-electron chi connectivity index (χ4n) is 1.83. The van der Waals surface area contributed by atoms with Gasteiger partial charge in [-0.2, -0.15) is 0 Å². The van der Waals surface area contributed by atoms with Gasteiger partial charge in [-0.1, -0.05) is 19.8 Å². The summed E-state index contributed by atoms with van der Waals surface area (Å²) in [4.78, 5) is 0. The van der Waals surface area contributed by atoms with Gasteiger partial charge in [0.2, 0.25) is 0 Å². The average molecular weight is 170 g/mol. The lowest BCUT2D eigenvalue weighted by atomic mass is 10.1. The molecule has 0 aromatic heterocycles. The highest BCUT2D eigenvalue weighted by Gasteiger charge is 2.11. The molecule has 1 N–H and O–H groups in total. The number of rotatable bonds is 4. The predicted octanol–water partition coefficient (Wildman–Crippen LogP) is 2.17. The number of nitrogens with one attached hydrogen (secondary N) is 1. The zero-order chi connectivity index (χ0) is 8.81. The first-order valence-electron chi connectivity index (χ1n) is 5.34. The normalized spacial score (nSPS) is 22.5. The van der Waals surface area contributed by atoms with Crippen molar-refractivity contribution in [1.82, 2.24) is 10.4 Å². The van der Waals surface area contributed by atoms with Crippen LogP contribution in [-0.2, 0) is 0 Å². The van der Waals surface area contributed by atoms with E-state index in [1.54, 1.807) is 0 Å². The van der Waals surface area contributed by atoms with E-state index in [0.29, 0.717) is 6.04 Å². The molecule has 1 fully saturated rings. The third-order valence-electron chi connectivity index (χ3n) is 2.48. The van der Waals surface area contributed by atoms with Crippen molar-refractivity contribution in [3.05, 3.63) is 0 Å². The number of piperidine rings is 1. The average Bonchev–Trinajstić information content (AvgIpc) is 2.06. The lowest BCUT2D eigenvalue weighted by Gasteiger charge is -2.30. The molecule has 0 saturated carbocycles. The maximum atomic E-state index is 3.55. The molecule has 0 bridgehead atoms. The number of nitrogens with zero attached hydrogens (tertiary/aromatic N) is 1. The van der Waals surface area contributed by atoms with Crippen molar-refractivity contribution in [3.8, 4) is 0 Å². The van der Waals surface area contributed by atoms with Crippen LogP contribution in [0.3, 0.4) is 0 Å². The van der Waals surface area contributed by atoms with Crippen LogP contribution in [0, 0.1) is 0 Å². The van der Waals surface area contributed by atoms with Gasteiger partial charge in [-0.05, 0) is 26.2 Å². The Hall–Kier alpha value is -0.0800. The fraction of sp³-hybridized carbons (Fsp3) is 1.00. The minimum absolute atomic E-state index is 0.660. The largest absolute Gasteiger partial charge is 0.252 e. The van der Waals surface area contributed by atoms with E-state index in [9.17, 15) is 0 Å². The summed E-state index contributed by atoms with van der Waals surface area (Å²) in [6.07, 6.45) is 6.72. The molecule has 12 heavy (non-hydrogen) atoms. The third kappa shape index (κ3) is 3.55. The van der Waals surface area contributed by atoms with Gasteiger partial charge >= 0.3 is 0 Å². The Morgan fingerprint density at radius 1 is 1.25 bits per heavy atom. The van der Waals surface area contributed by atoms with Crippen LogP contribution < -0.4 is 5.43 Å². The van der Waals surface area contributed by atoms with Crippen molar-refractivity contribution in [1.29, 1.82) is 0 Å². The first-order chi connectivity index (χ1) is 5.83. The van der Waals surface area contributed by atoms with E-state index in [-0.39, 0.29) is 0 Å². The van der Waals surface area contributed by atoms with Gasteiger partial charge in [0.05, 0.1) is 0 Å². The second kappa shape index (κ2) is 5.55. The number of hydrogen-bond donors (Lipinski definition) is 1. The van der Waals surface area contributed by atoms with Crippen molar-refractivity contribution in [3.63, 3.8) is 0 Å². The van der Waals surface area contributed by atoms with Gasteiger partial charge in [0.15, 0.2) is 0 Å². The highest BCUT2D eigenvalue weighted by molar-refractivity contribution is 4.64. The molecular formula is C10H22N2. The van der Waals surface area contributed by atoms with Crippen molar-refractivity contribution in [2.45, 2.75) is 52.0 Å². The molecule has 1 heterocycles. The van der Waals surface area contributed by atoms with Gasteiger partial charge in [-0.25, -0.2) is 5.01 Å². The first kappa shape index (κ1) is 10.0. The number of hydrazine groups is 1.